The molecule has 0 aliphatic carbocycles. The summed E-state index contributed by atoms with van der Waals surface area (Å²) in [7, 11) is -3.66. The second kappa shape index (κ2) is 10.0. The first kappa shape index (κ1) is 22.4. The first-order chi connectivity index (χ1) is 13.2. The molecular formula is C20H31N3O4S. The van der Waals surface area contributed by atoms with Gasteiger partial charge in [-0.2, -0.15) is 0 Å². The number of hydrogen-bond donors (Lipinski definition) is 1. The van der Waals surface area contributed by atoms with Crippen LogP contribution in [-0.2, 0) is 14.8 Å². The molecule has 8 heteroatoms. The number of anilines is 1. The average Bonchev–Trinajstić information content (AvgIpc) is 2.64. The van der Waals surface area contributed by atoms with Crippen LogP contribution in [-0.4, -0.2) is 64.0 Å². The fourth-order valence-corrected chi connectivity index (χ4v) is 4.13. The Kier molecular flexibility index (Phi) is 8.00. The van der Waals surface area contributed by atoms with Gasteiger partial charge in [-0.15, -0.1) is 0 Å². The van der Waals surface area contributed by atoms with Crippen molar-refractivity contribution in [2.75, 3.05) is 43.3 Å². The lowest BCUT2D eigenvalue weighted by molar-refractivity contribution is -0.119. The maximum atomic E-state index is 12.3. The smallest absolute Gasteiger partial charge is 0.240 e. The van der Waals surface area contributed by atoms with Crippen molar-refractivity contribution in [3.05, 3.63) is 29.8 Å². The molecule has 0 saturated carbocycles. The van der Waals surface area contributed by atoms with Crippen molar-refractivity contribution < 1.29 is 18.0 Å². The summed E-state index contributed by atoms with van der Waals surface area (Å²) in [5.41, 5.74) is 0.718. The van der Waals surface area contributed by atoms with Gasteiger partial charge in [0.05, 0.1) is 11.9 Å². The number of carbonyl (C=O) groups is 2. The van der Waals surface area contributed by atoms with E-state index in [1.165, 1.54) is 25.8 Å². The monoisotopic (exact) mass is 409 g/mol. The Balaban J connectivity index is 1.88. The lowest BCUT2D eigenvalue weighted by Crippen LogP contribution is -2.41. The molecule has 1 heterocycles. The Morgan fingerprint density at radius 1 is 1.25 bits per heavy atom. The molecular weight excluding hydrogens is 378 g/mol. The highest BCUT2D eigenvalue weighted by molar-refractivity contribution is 7.92. The van der Waals surface area contributed by atoms with E-state index in [2.05, 4.69) is 17.1 Å². The Labute approximate surface area is 168 Å². The minimum atomic E-state index is -3.66. The van der Waals surface area contributed by atoms with Gasteiger partial charge in [0.1, 0.15) is 6.54 Å². The van der Waals surface area contributed by atoms with E-state index in [9.17, 15) is 18.0 Å². The lowest BCUT2D eigenvalue weighted by atomic mass is 9.99. The third-order valence-electron chi connectivity index (χ3n) is 5.08. The first-order valence-electron chi connectivity index (χ1n) is 9.74. The predicted molar refractivity (Wildman–Crippen MR) is 111 cm³/mol. The number of piperidine rings is 1. The molecule has 2 rings (SSSR count). The van der Waals surface area contributed by atoms with Gasteiger partial charge in [-0.1, -0.05) is 19.1 Å². The molecule has 1 aromatic rings. The summed E-state index contributed by atoms with van der Waals surface area (Å²) in [6.07, 6.45) is 4.32. The number of rotatable bonds is 9. The Morgan fingerprint density at radius 3 is 2.54 bits per heavy atom. The zero-order valence-electron chi connectivity index (χ0n) is 17.0. The molecule has 1 amide bonds. The molecule has 1 fully saturated rings. The van der Waals surface area contributed by atoms with Crippen molar-refractivity contribution in [1.29, 1.82) is 0 Å². The van der Waals surface area contributed by atoms with Gasteiger partial charge in [0.15, 0.2) is 5.78 Å². The Hall–Kier alpha value is -1.93. The van der Waals surface area contributed by atoms with Crippen LogP contribution >= 0.6 is 0 Å². The summed E-state index contributed by atoms with van der Waals surface area (Å²) < 4.78 is 25.4. The number of likely N-dealkylation sites (tertiary alicyclic amines) is 1. The van der Waals surface area contributed by atoms with Gasteiger partial charge in [-0.3, -0.25) is 13.9 Å². The quantitative estimate of drug-likeness (QED) is 0.497. The van der Waals surface area contributed by atoms with Crippen LogP contribution in [0.4, 0.5) is 5.69 Å². The molecule has 0 aromatic heterocycles. The highest BCUT2D eigenvalue weighted by Gasteiger charge is 2.21. The minimum Gasteiger partial charge on any atom is -0.354 e. The zero-order chi connectivity index (χ0) is 20.7. The topological polar surface area (TPSA) is 86.8 Å². The number of nitrogens with zero attached hydrogens (tertiary/aromatic N) is 2. The number of hydrogen-bond acceptors (Lipinski definition) is 5. The number of Topliss-reactive ketones (excluding diaryl/α,β-unsaturated/α-hetero) is 1. The maximum absolute atomic E-state index is 12.3. The van der Waals surface area contributed by atoms with Crippen LogP contribution in [0.2, 0.25) is 0 Å². The van der Waals surface area contributed by atoms with E-state index in [1.54, 1.807) is 18.2 Å². The van der Waals surface area contributed by atoms with E-state index in [4.69, 9.17) is 0 Å². The van der Waals surface area contributed by atoms with Gasteiger partial charge < -0.3 is 10.2 Å². The van der Waals surface area contributed by atoms with Crippen LogP contribution in [0.15, 0.2) is 24.3 Å². The molecule has 156 valence electrons. The van der Waals surface area contributed by atoms with E-state index in [0.717, 1.165) is 42.5 Å². The average molecular weight is 410 g/mol. The molecule has 0 bridgehead atoms. The van der Waals surface area contributed by atoms with Gasteiger partial charge in [-0.25, -0.2) is 8.42 Å². The summed E-state index contributed by atoms with van der Waals surface area (Å²) in [5, 5.41) is 2.80. The lowest BCUT2D eigenvalue weighted by Gasteiger charge is -2.30. The van der Waals surface area contributed by atoms with Crippen molar-refractivity contribution in [2.45, 2.75) is 33.1 Å². The fourth-order valence-electron chi connectivity index (χ4n) is 3.28. The molecule has 1 saturated heterocycles. The molecule has 28 heavy (non-hydrogen) atoms. The van der Waals surface area contributed by atoms with E-state index < -0.39 is 10.0 Å². The third-order valence-corrected chi connectivity index (χ3v) is 6.22. The van der Waals surface area contributed by atoms with Crippen LogP contribution in [0.5, 0.6) is 0 Å². The zero-order valence-corrected chi connectivity index (χ0v) is 17.8. The second-order valence-corrected chi connectivity index (χ2v) is 9.51. The fraction of sp³-hybridized carbons (Fsp3) is 0.600. The molecule has 1 aromatic carbocycles. The molecule has 1 N–H and O–H groups in total. The molecule has 0 atom stereocenters. The van der Waals surface area contributed by atoms with E-state index in [1.807, 2.05) is 0 Å². The van der Waals surface area contributed by atoms with Gasteiger partial charge in [0.25, 0.3) is 0 Å². The largest absolute Gasteiger partial charge is 0.354 e. The summed E-state index contributed by atoms with van der Waals surface area (Å²) in [4.78, 5) is 26.3. The first-order valence-corrected chi connectivity index (χ1v) is 11.6. The standard InChI is InChI=1S/C20H31N3O4S/c1-16-8-12-22(13-9-16)11-5-10-21-20(25)15-23(28(3,26)27)19-7-4-6-18(14-19)17(2)24/h4,6-7,14,16H,5,8-13,15H2,1-3H3,(H,21,25). The third kappa shape index (κ3) is 6.91. The van der Waals surface area contributed by atoms with Crippen LogP contribution in [0.3, 0.4) is 0 Å². The van der Waals surface area contributed by atoms with Crippen LogP contribution in [0, 0.1) is 5.92 Å². The van der Waals surface area contributed by atoms with E-state index >= 15 is 0 Å². The SMILES string of the molecule is CC(=O)c1cccc(N(CC(=O)NCCCN2CCC(C)CC2)S(C)(=O)=O)c1. The number of nitrogens with one attached hydrogen (secondary N) is 1. The van der Waals surface area contributed by atoms with Crippen LogP contribution < -0.4 is 9.62 Å². The van der Waals surface area contributed by atoms with Crippen LogP contribution in [0.1, 0.15) is 43.5 Å². The van der Waals surface area contributed by atoms with Crippen LogP contribution in [0.25, 0.3) is 0 Å². The van der Waals surface area contributed by atoms with E-state index in [0.29, 0.717) is 17.8 Å². The summed E-state index contributed by atoms with van der Waals surface area (Å²) in [6, 6.07) is 6.31. The van der Waals surface area contributed by atoms with Gasteiger partial charge >= 0.3 is 0 Å². The predicted octanol–water partition coefficient (Wildman–Crippen LogP) is 1.89. The summed E-state index contributed by atoms with van der Waals surface area (Å²) in [5.74, 6) is 0.275. The molecule has 7 nitrogen and oxygen atoms in total. The van der Waals surface area contributed by atoms with Gasteiger partial charge in [0, 0.05) is 12.1 Å². The van der Waals surface area contributed by atoms with Gasteiger partial charge in [-0.05, 0) is 63.9 Å². The second-order valence-electron chi connectivity index (χ2n) is 7.60. The number of carbonyl (C=O) groups excluding carboxylic acids is 2. The van der Waals surface area contributed by atoms with Crippen molar-refractivity contribution in [3.8, 4) is 0 Å². The van der Waals surface area contributed by atoms with Crippen molar-refractivity contribution >= 4 is 27.4 Å². The number of sulfonamides is 1. The molecule has 0 spiro atoms. The summed E-state index contributed by atoms with van der Waals surface area (Å²) >= 11 is 0. The molecule has 1 aliphatic heterocycles. The Morgan fingerprint density at radius 2 is 1.93 bits per heavy atom. The highest BCUT2D eigenvalue weighted by Crippen LogP contribution is 2.19. The van der Waals surface area contributed by atoms with Crippen molar-refractivity contribution in [1.82, 2.24) is 10.2 Å². The molecule has 0 unspecified atom stereocenters. The summed E-state index contributed by atoms with van der Waals surface area (Å²) in [6.45, 7) is 7.03. The highest BCUT2D eigenvalue weighted by atomic mass is 32.2. The maximum Gasteiger partial charge on any atom is 0.240 e. The van der Waals surface area contributed by atoms with Gasteiger partial charge in [0.2, 0.25) is 15.9 Å². The number of benzene rings is 1. The number of amides is 1. The Bertz CT molecular complexity index is 786. The molecule has 1 aliphatic rings. The normalized spacial score (nSPS) is 16.0. The van der Waals surface area contributed by atoms with Crippen molar-refractivity contribution in [2.24, 2.45) is 5.92 Å². The van der Waals surface area contributed by atoms with E-state index in [-0.39, 0.29) is 18.2 Å². The number of ketones is 1. The van der Waals surface area contributed by atoms with Crippen molar-refractivity contribution in [3.63, 3.8) is 0 Å². The minimum absolute atomic E-state index is 0.160. The molecule has 0 radical (unpaired) electrons.